The lowest BCUT2D eigenvalue weighted by atomic mass is 9.80. The lowest BCUT2D eigenvalue weighted by molar-refractivity contribution is -0.634. The fourth-order valence-corrected chi connectivity index (χ4v) is 6.60. The Morgan fingerprint density at radius 1 is 0.795 bits per heavy atom. The zero-order chi connectivity index (χ0) is 28.0. The Bertz CT molecular complexity index is 1490. The van der Waals surface area contributed by atoms with Crippen LogP contribution in [0.15, 0.2) is 48.7 Å². The molecule has 3 aromatic carbocycles. The molecule has 0 unspecified atom stereocenters. The van der Waals surface area contributed by atoms with Crippen LogP contribution in [0, 0.1) is 13.8 Å². The van der Waals surface area contributed by atoms with E-state index in [0.717, 1.165) is 5.52 Å². The van der Waals surface area contributed by atoms with Gasteiger partial charge in [0.05, 0.1) is 5.56 Å². The van der Waals surface area contributed by atoms with Crippen LogP contribution in [0.1, 0.15) is 124 Å². The number of aromatic nitrogens is 2. The van der Waals surface area contributed by atoms with Gasteiger partial charge in [-0.2, -0.15) is 4.57 Å². The minimum absolute atomic E-state index is 0.453. The second kappa shape index (κ2) is 10.9. The normalized spacial score (nSPS) is 14.5. The van der Waals surface area contributed by atoms with Crippen LogP contribution in [0.3, 0.4) is 0 Å². The molecule has 39 heavy (non-hydrogen) atoms. The Hall–Kier alpha value is -3.00. The predicted molar refractivity (Wildman–Crippen MR) is 167 cm³/mol. The van der Waals surface area contributed by atoms with Crippen LogP contribution >= 0.6 is 0 Å². The van der Waals surface area contributed by atoms with Crippen LogP contribution in [0.2, 0.25) is 0 Å². The summed E-state index contributed by atoms with van der Waals surface area (Å²) < 4.78 is 2.35. The van der Waals surface area contributed by atoms with Gasteiger partial charge in [-0.15, -0.1) is 0 Å². The summed E-state index contributed by atoms with van der Waals surface area (Å²) in [6.45, 7) is 18.5. The summed E-state index contributed by atoms with van der Waals surface area (Å²) in [6.07, 6.45) is 7.44. The molecule has 0 atom stereocenters. The van der Waals surface area contributed by atoms with Crippen LogP contribution in [0.4, 0.5) is 0 Å². The van der Waals surface area contributed by atoms with Crippen molar-refractivity contribution in [1.29, 1.82) is 0 Å². The smallest absolute Gasteiger partial charge is 0.231 e. The lowest BCUT2D eigenvalue weighted by Gasteiger charge is -2.24. The summed E-state index contributed by atoms with van der Waals surface area (Å²) in [7, 11) is 2.20. The molecule has 5 rings (SSSR count). The first kappa shape index (κ1) is 27.6. The third-order valence-electron chi connectivity index (χ3n) is 9.24. The molecule has 1 saturated carbocycles. The van der Waals surface area contributed by atoms with E-state index in [1.165, 1.54) is 87.0 Å². The van der Waals surface area contributed by atoms with Crippen LogP contribution < -0.4 is 4.57 Å². The van der Waals surface area contributed by atoms with Crippen molar-refractivity contribution in [3.8, 4) is 22.4 Å². The van der Waals surface area contributed by atoms with Crippen molar-refractivity contribution in [2.24, 2.45) is 7.05 Å². The zero-order valence-corrected chi connectivity index (χ0v) is 25.7. The minimum Gasteiger partial charge on any atom is -0.243 e. The second-order valence-electron chi connectivity index (χ2n) is 12.9. The molecule has 0 radical (unpaired) electrons. The summed E-state index contributed by atoms with van der Waals surface area (Å²) in [6, 6.07) is 16.7. The summed E-state index contributed by atoms with van der Waals surface area (Å²) in [5.74, 6) is 2.12. The van der Waals surface area contributed by atoms with Crippen LogP contribution in [0.25, 0.3) is 33.4 Å². The van der Waals surface area contributed by atoms with Crippen LogP contribution in [0.5, 0.6) is 0 Å². The maximum absolute atomic E-state index is 5.03. The van der Waals surface area contributed by atoms with Gasteiger partial charge in [-0.3, -0.25) is 0 Å². The molecule has 1 fully saturated rings. The Morgan fingerprint density at radius 3 is 2.03 bits per heavy atom. The van der Waals surface area contributed by atoms with Crippen molar-refractivity contribution in [1.82, 2.24) is 4.98 Å². The fourth-order valence-electron chi connectivity index (χ4n) is 6.60. The maximum atomic E-state index is 5.03. The van der Waals surface area contributed by atoms with E-state index in [9.17, 15) is 0 Å². The first-order valence-corrected chi connectivity index (χ1v) is 15.1. The van der Waals surface area contributed by atoms with E-state index in [1.54, 1.807) is 0 Å². The van der Waals surface area contributed by atoms with Crippen molar-refractivity contribution >= 4 is 11.0 Å². The molecule has 2 heteroatoms. The molecular weight excluding hydrogens is 472 g/mol. The number of nitrogens with zero attached hydrogens (tertiary/aromatic N) is 2. The Balaban J connectivity index is 1.69. The van der Waals surface area contributed by atoms with Crippen molar-refractivity contribution in [3.63, 3.8) is 0 Å². The molecule has 0 aliphatic heterocycles. The number of hydrogen-bond acceptors (Lipinski definition) is 1. The van der Waals surface area contributed by atoms with E-state index in [4.69, 9.17) is 4.98 Å². The van der Waals surface area contributed by atoms with Gasteiger partial charge in [0.1, 0.15) is 18.8 Å². The maximum Gasteiger partial charge on any atom is 0.231 e. The van der Waals surface area contributed by atoms with Crippen molar-refractivity contribution in [3.05, 3.63) is 82.0 Å². The van der Waals surface area contributed by atoms with Gasteiger partial charge >= 0.3 is 0 Å². The highest BCUT2D eigenvalue weighted by Gasteiger charge is 2.24. The molecule has 4 aromatic rings. The summed E-state index contributed by atoms with van der Waals surface area (Å²) >= 11 is 0. The quantitative estimate of drug-likeness (QED) is 0.232. The second-order valence-corrected chi connectivity index (χ2v) is 12.9. The largest absolute Gasteiger partial charge is 0.243 e. The van der Waals surface area contributed by atoms with Gasteiger partial charge in [-0.05, 0) is 107 Å². The van der Waals surface area contributed by atoms with Gasteiger partial charge in [-0.1, -0.05) is 78.6 Å². The first-order chi connectivity index (χ1) is 18.6. The predicted octanol–water partition coefficient (Wildman–Crippen LogP) is 10.0. The van der Waals surface area contributed by atoms with E-state index >= 15 is 0 Å². The number of benzene rings is 3. The fraction of sp³-hybridized carbons (Fsp3) is 0.459. The molecule has 1 aliphatic rings. The van der Waals surface area contributed by atoms with E-state index in [1.807, 2.05) is 0 Å². The molecule has 1 heterocycles. The van der Waals surface area contributed by atoms with Crippen molar-refractivity contribution in [2.75, 3.05) is 0 Å². The Kier molecular flexibility index (Phi) is 7.68. The minimum atomic E-state index is 0.453. The molecule has 2 nitrogen and oxygen atoms in total. The van der Waals surface area contributed by atoms with Gasteiger partial charge in [0.15, 0.2) is 0 Å². The van der Waals surface area contributed by atoms with E-state index in [-0.39, 0.29) is 0 Å². The average molecular weight is 520 g/mol. The summed E-state index contributed by atoms with van der Waals surface area (Å²) in [5.41, 5.74) is 16.0. The Morgan fingerprint density at radius 2 is 1.44 bits per heavy atom. The number of rotatable bonds is 6. The number of hydrogen-bond donors (Lipinski definition) is 0. The zero-order valence-electron chi connectivity index (χ0n) is 25.7. The Labute approximate surface area is 236 Å². The SMILES string of the molecule is Cc1cc(-c2c(C(C)C)cc(C(C)C)cc2C(C)C)cc(-c2cnc3cc(C4CCCC4)ccc3[n+]2C)c1C. The monoisotopic (exact) mass is 519 g/mol. The van der Waals surface area contributed by atoms with Gasteiger partial charge in [0.25, 0.3) is 0 Å². The molecule has 0 N–H and O–H groups in total. The van der Waals surface area contributed by atoms with Gasteiger partial charge < -0.3 is 0 Å². The van der Waals surface area contributed by atoms with Crippen molar-refractivity contribution < 1.29 is 4.57 Å². The highest BCUT2D eigenvalue weighted by Crippen LogP contribution is 2.41. The van der Waals surface area contributed by atoms with E-state index in [0.29, 0.717) is 23.7 Å². The van der Waals surface area contributed by atoms with Gasteiger partial charge in [0, 0.05) is 6.07 Å². The van der Waals surface area contributed by atoms with Crippen molar-refractivity contribution in [2.45, 2.75) is 105 Å². The molecule has 1 aromatic heterocycles. The molecule has 1 aliphatic carbocycles. The summed E-state index contributed by atoms with van der Waals surface area (Å²) in [4.78, 5) is 5.03. The summed E-state index contributed by atoms with van der Waals surface area (Å²) in [5, 5.41) is 0. The molecule has 204 valence electrons. The standard InChI is InChI=1S/C37H47N2/c1-22(2)29-17-31(23(3)4)37(32(18-29)24(5)6)30-16-25(7)26(8)33(19-30)36-21-38-34-20-28(27-12-10-11-13-27)14-15-35(34)39(36)9/h14-24,27H,10-13H2,1-9H3/q+1. The highest BCUT2D eigenvalue weighted by molar-refractivity contribution is 5.80. The van der Waals surface area contributed by atoms with Gasteiger partial charge in [0.2, 0.25) is 11.2 Å². The molecular formula is C37H47N2+. The van der Waals surface area contributed by atoms with Crippen LogP contribution in [-0.2, 0) is 7.05 Å². The van der Waals surface area contributed by atoms with E-state index < -0.39 is 0 Å². The molecule has 0 amide bonds. The topological polar surface area (TPSA) is 16.8 Å². The number of aryl methyl sites for hydroxylation is 2. The molecule has 0 spiro atoms. The van der Waals surface area contributed by atoms with E-state index in [2.05, 4.69) is 116 Å². The molecule has 0 bridgehead atoms. The molecule has 0 saturated heterocycles. The average Bonchev–Trinajstić information content (AvgIpc) is 3.45. The van der Waals surface area contributed by atoms with Gasteiger partial charge in [-0.25, -0.2) is 4.98 Å². The number of fused-ring (bicyclic) bond motifs is 1. The third-order valence-corrected chi connectivity index (χ3v) is 9.24. The van der Waals surface area contributed by atoms with Crippen LogP contribution in [-0.4, -0.2) is 4.98 Å². The third kappa shape index (κ3) is 5.15. The lowest BCUT2D eigenvalue weighted by Crippen LogP contribution is -2.32. The first-order valence-electron chi connectivity index (χ1n) is 15.1. The highest BCUT2D eigenvalue weighted by atomic mass is 15.0.